The van der Waals surface area contributed by atoms with Crippen LogP contribution in [0.2, 0.25) is 0 Å². The van der Waals surface area contributed by atoms with Crippen LogP contribution >= 0.6 is 0 Å². The summed E-state index contributed by atoms with van der Waals surface area (Å²) in [7, 11) is 0. The summed E-state index contributed by atoms with van der Waals surface area (Å²) in [5, 5.41) is 3.31. The van der Waals surface area contributed by atoms with Gasteiger partial charge in [0, 0.05) is 5.54 Å². The van der Waals surface area contributed by atoms with Gasteiger partial charge in [-0.2, -0.15) is 4.91 Å². The molecular weight excluding hydrogens is 164 g/mol. The normalized spacial score (nSPS) is 58.2. The van der Waals surface area contributed by atoms with E-state index in [9.17, 15) is 4.91 Å². The highest BCUT2D eigenvalue weighted by Gasteiger charge is 2.54. The Kier molecular flexibility index (Phi) is 1.41. The maximum atomic E-state index is 10.7. The van der Waals surface area contributed by atoms with Gasteiger partial charge in [-0.15, -0.1) is 0 Å². The number of hydrogen-bond acceptors (Lipinski definition) is 3. The van der Waals surface area contributed by atoms with E-state index in [1.54, 1.807) is 0 Å². The quantitative estimate of drug-likeness (QED) is 0.624. The third-order valence-electron chi connectivity index (χ3n) is 4.39. The van der Waals surface area contributed by atoms with E-state index < -0.39 is 0 Å². The Morgan fingerprint density at radius 3 is 2.23 bits per heavy atom. The molecule has 4 aliphatic rings. The summed E-state index contributed by atoms with van der Waals surface area (Å²) in [6, 6.07) is 0.105. The van der Waals surface area contributed by atoms with E-state index in [1.807, 2.05) is 0 Å². The van der Waals surface area contributed by atoms with E-state index in [4.69, 9.17) is 5.73 Å². The average molecular weight is 180 g/mol. The monoisotopic (exact) mass is 180 g/mol. The number of nitrogens with two attached hydrogens (primary N) is 1. The molecule has 2 N–H and O–H groups in total. The summed E-state index contributed by atoms with van der Waals surface area (Å²) >= 11 is 0. The van der Waals surface area contributed by atoms with Crippen molar-refractivity contribution < 1.29 is 0 Å². The van der Waals surface area contributed by atoms with Crippen molar-refractivity contribution >= 4 is 0 Å². The van der Waals surface area contributed by atoms with Crippen LogP contribution in [-0.4, -0.2) is 11.6 Å². The molecule has 72 valence electrons. The van der Waals surface area contributed by atoms with E-state index in [0.29, 0.717) is 11.8 Å². The Morgan fingerprint density at radius 2 is 1.77 bits per heavy atom. The van der Waals surface area contributed by atoms with Gasteiger partial charge in [0.2, 0.25) is 0 Å². The van der Waals surface area contributed by atoms with Gasteiger partial charge in [0.1, 0.15) is 0 Å². The third-order valence-corrected chi connectivity index (χ3v) is 4.39. The lowest BCUT2D eigenvalue weighted by molar-refractivity contribution is -0.0169. The third kappa shape index (κ3) is 0.997. The second-order valence-corrected chi connectivity index (χ2v) is 5.43. The maximum absolute atomic E-state index is 10.7. The summed E-state index contributed by atoms with van der Waals surface area (Å²) in [6.07, 6.45) is 5.73. The molecular formula is C10H16N2O. The van der Waals surface area contributed by atoms with Crippen LogP contribution in [0.25, 0.3) is 0 Å². The molecule has 3 heteroatoms. The topological polar surface area (TPSA) is 55.4 Å². The summed E-state index contributed by atoms with van der Waals surface area (Å²) in [5.74, 6) is 1.85. The van der Waals surface area contributed by atoms with Crippen LogP contribution in [0, 0.1) is 22.7 Å². The second-order valence-electron chi connectivity index (χ2n) is 5.43. The number of rotatable bonds is 1. The van der Waals surface area contributed by atoms with Gasteiger partial charge in [0.15, 0.2) is 0 Å². The summed E-state index contributed by atoms with van der Waals surface area (Å²) in [5.41, 5.74) is 6.38. The molecule has 0 saturated heterocycles. The highest BCUT2D eigenvalue weighted by molar-refractivity contribution is 5.09. The first kappa shape index (κ1) is 7.92. The molecule has 3 nitrogen and oxygen atoms in total. The average Bonchev–Trinajstić information content (AvgIpc) is 2.00. The zero-order chi connectivity index (χ0) is 9.05. The van der Waals surface area contributed by atoms with Crippen LogP contribution in [0.1, 0.15) is 32.1 Å². The molecule has 4 fully saturated rings. The fourth-order valence-corrected chi connectivity index (χ4v) is 4.23. The van der Waals surface area contributed by atoms with Crippen molar-refractivity contribution in [3.05, 3.63) is 4.91 Å². The lowest BCUT2D eigenvalue weighted by Gasteiger charge is -2.56. The van der Waals surface area contributed by atoms with Gasteiger partial charge in [-0.3, -0.25) is 0 Å². The minimum Gasteiger partial charge on any atom is -0.325 e. The molecule has 0 aliphatic heterocycles. The van der Waals surface area contributed by atoms with Crippen LogP contribution in [0.3, 0.4) is 0 Å². The maximum Gasteiger partial charge on any atom is 0.0977 e. The molecule has 0 aromatic rings. The lowest BCUT2D eigenvalue weighted by Crippen LogP contribution is -2.60. The van der Waals surface area contributed by atoms with Crippen molar-refractivity contribution in [1.29, 1.82) is 0 Å². The smallest absolute Gasteiger partial charge is 0.0977 e. The SMILES string of the molecule is NC12CC3CC(C1)C(N=O)C(C3)C2. The second kappa shape index (κ2) is 2.32. The van der Waals surface area contributed by atoms with Crippen LogP contribution in [0.15, 0.2) is 5.18 Å². The van der Waals surface area contributed by atoms with Crippen LogP contribution in [-0.2, 0) is 0 Å². The molecule has 13 heavy (non-hydrogen) atoms. The van der Waals surface area contributed by atoms with Crippen molar-refractivity contribution in [2.75, 3.05) is 0 Å². The Bertz CT molecular complexity index is 237. The van der Waals surface area contributed by atoms with Crippen LogP contribution < -0.4 is 5.73 Å². The minimum atomic E-state index is 0.0810. The largest absolute Gasteiger partial charge is 0.325 e. The number of hydrogen-bond donors (Lipinski definition) is 1. The van der Waals surface area contributed by atoms with Gasteiger partial charge in [0.25, 0.3) is 0 Å². The zero-order valence-electron chi connectivity index (χ0n) is 7.78. The molecule has 0 heterocycles. The van der Waals surface area contributed by atoms with Gasteiger partial charge >= 0.3 is 0 Å². The molecule has 0 amide bonds. The van der Waals surface area contributed by atoms with Gasteiger partial charge in [-0.25, -0.2) is 0 Å². The standard InChI is InChI=1S/C10H16N2O/c11-10-3-6-1-7(4-10)9(12-13)8(2-6)5-10/h6-9H,1-5,11H2. The fraction of sp³-hybridized carbons (Fsp3) is 1.00. The highest BCUT2D eigenvalue weighted by Crippen LogP contribution is 2.55. The van der Waals surface area contributed by atoms with Crippen LogP contribution in [0.4, 0.5) is 0 Å². The van der Waals surface area contributed by atoms with Crippen molar-refractivity contribution in [1.82, 2.24) is 0 Å². The van der Waals surface area contributed by atoms with E-state index in [2.05, 4.69) is 5.18 Å². The zero-order valence-corrected chi connectivity index (χ0v) is 7.78. The van der Waals surface area contributed by atoms with Crippen molar-refractivity contribution in [3.8, 4) is 0 Å². The number of nitroso groups, excluding NO2 is 1. The van der Waals surface area contributed by atoms with E-state index in [0.717, 1.165) is 18.8 Å². The molecule has 4 bridgehead atoms. The van der Waals surface area contributed by atoms with Gasteiger partial charge < -0.3 is 5.73 Å². The lowest BCUT2D eigenvalue weighted by atomic mass is 9.51. The molecule has 0 aromatic carbocycles. The molecule has 4 aliphatic carbocycles. The Balaban J connectivity index is 1.94. The van der Waals surface area contributed by atoms with Crippen LogP contribution in [0.5, 0.6) is 0 Å². The van der Waals surface area contributed by atoms with Gasteiger partial charge in [-0.05, 0) is 49.9 Å². The van der Waals surface area contributed by atoms with E-state index in [-0.39, 0.29) is 11.6 Å². The van der Waals surface area contributed by atoms with Crippen molar-refractivity contribution in [2.24, 2.45) is 28.7 Å². The molecule has 4 rings (SSSR count). The van der Waals surface area contributed by atoms with E-state index >= 15 is 0 Å². The summed E-state index contributed by atoms with van der Waals surface area (Å²) in [4.78, 5) is 10.7. The Morgan fingerprint density at radius 1 is 1.15 bits per heavy atom. The molecule has 0 aromatic heterocycles. The Labute approximate surface area is 78.0 Å². The van der Waals surface area contributed by atoms with Gasteiger partial charge in [-0.1, -0.05) is 5.18 Å². The summed E-state index contributed by atoms with van der Waals surface area (Å²) < 4.78 is 0. The first-order valence-corrected chi connectivity index (χ1v) is 5.31. The predicted octanol–water partition coefficient (Wildman–Crippen LogP) is 1.66. The summed E-state index contributed by atoms with van der Waals surface area (Å²) in [6.45, 7) is 0. The van der Waals surface area contributed by atoms with E-state index in [1.165, 1.54) is 19.3 Å². The molecule has 0 spiro atoms. The van der Waals surface area contributed by atoms with Crippen molar-refractivity contribution in [3.63, 3.8) is 0 Å². The predicted molar refractivity (Wildman–Crippen MR) is 50.1 cm³/mol. The molecule has 4 saturated carbocycles. The highest BCUT2D eigenvalue weighted by atomic mass is 16.3. The first-order valence-electron chi connectivity index (χ1n) is 5.31. The molecule has 2 atom stereocenters. The molecule has 2 unspecified atom stereocenters. The van der Waals surface area contributed by atoms with Crippen molar-refractivity contribution in [2.45, 2.75) is 43.7 Å². The number of nitrogens with zero attached hydrogens (tertiary/aromatic N) is 1. The molecule has 0 radical (unpaired) electrons. The van der Waals surface area contributed by atoms with Gasteiger partial charge in [0.05, 0.1) is 6.04 Å². The minimum absolute atomic E-state index is 0.0810. The first-order chi connectivity index (χ1) is 6.20. The Hall–Kier alpha value is -0.440. The fourth-order valence-electron chi connectivity index (χ4n) is 4.23.